The topological polar surface area (TPSA) is 3.24 Å². The molecule has 2 heterocycles. The van der Waals surface area contributed by atoms with Crippen LogP contribution >= 0.6 is 0 Å². The zero-order valence-electron chi connectivity index (χ0n) is 7.80. The van der Waals surface area contributed by atoms with Crippen molar-refractivity contribution in [1.29, 1.82) is 0 Å². The molecule has 0 saturated carbocycles. The van der Waals surface area contributed by atoms with Gasteiger partial charge in [-0.25, -0.2) is 4.39 Å². The van der Waals surface area contributed by atoms with Gasteiger partial charge in [-0.05, 0) is 25.7 Å². The van der Waals surface area contributed by atoms with Crippen molar-refractivity contribution in [2.75, 3.05) is 6.54 Å². The molecule has 3 unspecified atom stereocenters. The Morgan fingerprint density at radius 1 is 1.33 bits per heavy atom. The van der Waals surface area contributed by atoms with Crippen LogP contribution in [0.4, 0.5) is 4.39 Å². The van der Waals surface area contributed by atoms with Crippen LogP contribution in [0, 0.1) is 0 Å². The summed E-state index contributed by atoms with van der Waals surface area (Å²) in [6.07, 6.45) is 5.07. The normalized spacial score (nSPS) is 43.0. The fraction of sp³-hybridized carbons (Fsp3) is 1.00. The first-order chi connectivity index (χ1) is 5.83. The van der Waals surface area contributed by atoms with Gasteiger partial charge in [0.2, 0.25) is 0 Å². The van der Waals surface area contributed by atoms with Crippen molar-refractivity contribution in [2.45, 2.75) is 57.3 Å². The first-order valence-electron chi connectivity index (χ1n) is 5.22. The van der Waals surface area contributed by atoms with Gasteiger partial charge in [0.25, 0.3) is 0 Å². The number of hydrogen-bond donors (Lipinski definition) is 0. The standard InChI is InChI=1S/C10H18FN/c1-2-8-4-3-5-10-9(11)6-7-12(8)10/h8-10H,2-7H2,1H3. The van der Waals surface area contributed by atoms with Gasteiger partial charge < -0.3 is 0 Å². The maximum atomic E-state index is 13.3. The van der Waals surface area contributed by atoms with Crippen molar-refractivity contribution >= 4 is 0 Å². The van der Waals surface area contributed by atoms with E-state index in [1.54, 1.807) is 0 Å². The summed E-state index contributed by atoms with van der Waals surface area (Å²) in [6.45, 7) is 3.23. The lowest BCUT2D eigenvalue weighted by molar-refractivity contribution is 0.0906. The molecule has 1 nitrogen and oxygen atoms in total. The van der Waals surface area contributed by atoms with Crippen LogP contribution in [0.5, 0.6) is 0 Å². The van der Waals surface area contributed by atoms with Gasteiger partial charge >= 0.3 is 0 Å². The molecule has 2 fully saturated rings. The zero-order chi connectivity index (χ0) is 8.55. The molecule has 0 N–H and O–H groups in total. The lowest BCUT2D eigenvalue weighted by Gasteiger charge is -2.37. The number of fused-ring (bicyclic) bond motifs is 1. The third kappa shape index (κ3) is 1.26. The van der Waals surface area contributed by atoms with Crippen molar-refractivity contribution in [2.24, 2.45) is 0 Å². The van der Waals surface area contributed by atoms with Gasteiger partial charge in [0, 0.05) is 18.6 Å². The molecule has 3 atom stereocenters. The molecule has 0 aliphatic carbocycles. The Kier molecular flexibility index (Phi) is 2.35. The molecule has 0 aromatic heterocycles. The summed E-state index contributed by atoms with van der Waals surface area (Å²) >= 11 is 0. The summed E-state index contributed by atoms with van der Waals surface area (Å²) in [5.74, 6) is 0. The van der Waals surface area contributed by atoms with E-state index in [2.05, 4.69) is 11.8 Å². The Morgan fingerprint density at radius 2 is 2.17 bits per heavy atom. The van der Waals surface area contributed by atoms with Crippen LogP contribution in [-0.4, -0.2) is 29.7 Å². The van der Waals surface area contributed by atoms with Crippen molar-refractivity contribution in [3.63, 3.8) is 0 Å². The second-order valence-electron chi connectivity index (χ2n) is 4.10. The summed E-state index contributed by atoms with van der Waals surface area (Å²) in [5.41, 5.74) is 0. The van der Waals surface area contributed by atoms with Gasteiger partial charge in [-0.3, -0.25) is 4.90 Å². The minimum atomic E-state index is -0.528. The molecule has 0 aromatic carbocycles. The molecule has 12 heavy (non-hydrogen) atoms. The van der Waals surface area contributed by atoms with E-state index in [0.29, 0.717) is 6.04 Å². The van der Waals surface area contributed by atoms with Gasteiger partial charge in [0.15, 0.2) is 0 Å². The maximum absolute atomic E-state index is 13.3. The fourth-order valence-corrected chi connectivity index (χ4v) is 2.81. The molecule has 0 radical (unpaired) electrons. The molecule has 2 heteroatoms. The van der Waals surface area contributed by atoms with E-state index in [4.69, 9.17) is 0 Å². The van der Waals surface area contributed by atoms with Crippen LogP contribution in [0.3, 0.4) is 0 Å². The summed E-state index contributed by atoms with van der Waals surface area (Å²) in [5, 5.41) is 0. The number of halogens is 1. The maximum Gasteiger partial charge on any atom is 0.117 e. The van der Waals surface area contributed by atoms with E-state index >= 15 is 0 Å². The Balaban J connectivity index is 2.04. The van der Waals surface area contributed by atoms with Crippen molar-refractivity contribution in [1.82, 2.24) is 4.90 Å². The average Bonchev–Trinajstić information content (AvgIpc) is 2.48. The smallest absolute Gasteiger partial charge is 0.117 e. The number of nitrogens with zero attached hydrogens (tertiary/aromatic N) is 1. The van der Waals surface area contributed by atoms with Crippen molar-refractivity contribution in [3.8, 4) is 0 Å². The van der Waals surface area contributed by atoms with Crippen LogP contribution in [0.1, 0.15) is 39.0 Å². The Labute approximate surface area is 73.9 Å². The summed E-state index contributed by atoms with van der Waals surface area (Å²) in [7, 11) is 0. The molecule has 2 aliphatic rings. The van der Waals surface area contributed by atoms with Gasteiger partial charge in [-0.15, -0.1) is 0 Å². The Bertz CT molecular complexity index is 160. The molecule has 2 rings (SSSR count). The Morgan fingerprint density at radius 3 is 2.92 bits per heavy atom. The molecule has 0 amide bonds. The molecular formula is C10H18FN. The van der Waals surface area contributed by atoms with Crippen LogP contribution in [0.2, 0.25) is 0 Å². The highest BCUT2D eigenvalue weighted by molar-refractivity contribution is 4.93. The number of hydrogen-bond acceptors (Lipinski definition) is 1. The van der Waals surface area contributed by atoms with Crippen molar-refractivity contribution in [3.05, 3.63) is 0 Å². The molecule has 0 spiro atoms. The van der Waals surface area contributed by atoms with E-state index in [-0.39, 0.29) is 6.04 Å². The lowest BCUT2D eigenvalue weighted by atomic mass is 9.94. The number of rotatable bonds is 1. The minimum Gasteiger partial charge on any atom is -0.294 e. The molecule has 0 aromatic rings. The van der Waals surface area contributed by atoms with Gasteiger partial charge in [0.05, 0.1) is 0 Å². The first kappa shape index (κ1) is 8.49. The molecule has 70 valence electrons. The molecule has 2 aliphatic heterocycles. The van der Waals surface area contributed by atoms with Gasteiger partial charge in [0.1, 0.15) is 6.17 Å². The highest BCUT2D eigenvalue weighted by Gasteiger charge is 2.39. The van der Waals surface area contributed by atoms with Crippen molar-refractivity contribution < 1.29 is 4.39 Å². The fourth-order valence-electron chi connectivity index (χ4n) is 2.81. The molecular weight excluding hydrogens is 153 g/mol. The van der Waals surface area contributed by atoms with Crippen LogP contribution in [-0.2, 0) is 0 Å². The average molecular weight is 171 g/mol. The summed E-state index contributed by atoms with van der Waals surface area (Å²) in [6, 6.07) is 0.966. The SMILES string of the molecule is CCC1CCCC2C(F)CCN12. The van der Waals surface area contributed by atoms with E-state index in [9.17, 15) is 4.39 Å². The van der Waals surface area contributed by atoms with E-state index in [1.165, 1.54) is 19.3 Å². The molecule has 2 saturated heterocycles. The number of piperidine rings is 1. The van der Waals surface area contributed by atoms with Crippen LogP contribution in [0.25, 0.3) is 0 Å². The highest BCUT2D eigenvalue weighted by Crippen LogP contribution is 2.33. The second-order valence-corrected chi connectivity index (χ2v) is 4.10. The third-order valence-corrected chi connectivity index (χ3v) is 3.48. The van der Waals surface area contributed by atoms with Crippen LogP contribution in [0.15, 0.2) is 0 Å². The van der Waals surface area contributed by atoms with E-state index in [0.717, 1.165) is 19.4 Å². The third-order valence-electron chi connectivity index (χ3n) is 3.48. The predicted molar refractivity (Wildman–Crippen MR) is 47.9 cm³/mol. The second kappa shape index (κ2) is 3.33. The van der Waals surface area contributed by atoms with E-state index in [1.807, 2.05) is 0 Å². The summed E-state index contributed by atoms with van der Waals surface area (Å²) in [4.78, 5) is 2.41. The minimum absolute atomic E-state index is 0.281. The van der Waals surface area contributed by atoms with Crippen LogP contribution < -0.4 is 0 Å². The van der Waals surface area contributed by atoms with Gasteiger partial charge in [-0.1, -0.05) is 13.3 Å². The van der Waals surface area contributed by atoms with Gasteiger partial charge in [-0.2, -0.15) is 0 Å². The summed E-state index contributed by atoms with van der Waals surface area (Å²) < 4.78 is 13.3. The quantitative estimate of drug-likeness (QED) is 0.585. The predicted octanol–water partition coefficient (Wildman–Crippen LogP) is 2.36. The number of alkyl halides is 1. The first-order valence-corrected chi connectivity index (χ1v) is 5.22. The largest absolute Gasteiger partial charge is 0.294 e. The highest BCUT2D eigenvalue weighted by atomic mass is 19.1. The van der Waals surface area contributed by atoms with E-state index < -0.39 is 6.17 Å². The monoisotopic (exact) mass is 171 g/mol. The zero-order valence-corrected chi connectivity index (χ0v) is 7.80. The Hall–Kier alpha value is -0.110. The lowest BCUT2D eigenvalue weighted by Crippen LogP contribution is -2.44. The molecule has 0 bridgehead atoms.